The van der Waals surface area contributed by atoms with Crippen LogP contribution in [0.1, 0.15) is 0 Å². The third-order valence-corrected chi connectivity index (χ3v) is 1.49. The van der Waals surface area contributed by atoms with Crippen LogP contribution in [-0.4, -0.2) is 0 Å². The van der Waals surface area contributed by atoms with Crippen molar-refractivity contribution in [1.82, 2.24) is 0 Å². The van der Waals surface area contributed by atoms with Crippen LogP contribution in [0.15, 0.2) is 36.4 Å². The summed E-state index contributed by atoms with van der Waals surface area (Å²) in [6.45, 7) is 0. The maximum Gasteiger partial charge on any atom is 0 e. The molecule has 0 aliphatic rings. The van der Waals surface area contributed by atoms with E-state index >= 15 is 0 Å². The van der Waals surface area contributed by atoms with Crippen molar-refractivity contribution >= 4 is 10.8 Å². The van der Waals surface area contributed by atoms with Gasteiger partial charge in [-0.15, -0.1) is 6.07 Å². The third-order valence-electron chi connectivity index (χ3n) is 1.49. The van der Waals surface area contributed by atoms with Crippen molar-refractivity contribution in [2.24, 2.45) is 0 Å². The molecule has 0 amide bonds. The maximum absolute atomic E-state index is 3.10. The quantitative estimate of drug-likeness (QED) is 0.656. The SMILES string of the molecule is [Y].[Y].[c-]1cccc2ccc[c-]c12. The van der Waals surface area contributed by atoms with Gasteiger partial charge in [-0.25, -0.2) is 23.6 Å². The van der Waals surface area contributed by atoms with Crippen molar-refractivity contribution in [1.29, 1.82) is 0 Å². The topological polar surface area (TPSA) is 0 Å². The fraction of sp³-hybridized carbons (Fsp3) is 0. The molecule has 0 atom stereocenters. The van der Waals surface area contributed by atoms with Gasteiger partial charge in [0.25, 0.3) is 0 Å². The molecular weight excluding hydrogens is 298 g/mol. The van der Waals surface area contributed by atoms with E-state index in [1.165, 1.54) is 5.39 Å². The average molecular weight is 304 g/mol. The van der Waals surface area contributed by atoms with Crippen molar-refractivity contribution in [3.63, 3.8) is 0 Å². The molecule has 0 saturated carbocycles. The zero-order valence-corrected chi connectivity index (χ0v) is 12.3. The molecule has 0 spiro atoms. The number of fused-ring (bicyclic) bond motifs is 1. The van der Waals surface area contributed by atoms with Gasteiger partial charge in [0, 0.05) is 65.4 Å². The van der Waals surface area contributed by atoms with Gasteiger partial charge in [0.15, 0.2) is 0 Å². The molecule has 54 valence electrons. The molecule has 2 radical (unpaired) electrons. The summed E-state index contributed by atoms with van der Waals surface area (Å²) in [5, 5.41) is 2.26. The molecule has 2 heteroatoms. The molecule has 0 nitrogen and oxygen atoms in total. The van der Waals surface area contributed by atoms with Crippen molar-refractivity contribution in [3.05, 3.63) is 48.5 Å². The summed E-state index contributed by atoms with van der Waals surface area (Å²) in [6.07, 6.45) is 0. The molecule has 12 heavy (non-hydrogen) atoms. The Morgan fingerprint density at radius 3 is 1.75 bits per heavy atom. The number of benzene rings is 2. The molecule has 0 heterocycles. The van der Waals surface area contributed by atoms with Gasteiger partial charge in [0.2, 0.25) is 0 Å². The van der Waals surface area contributed by atoms with Gasteiger partial charge < -0.3 is 0 Å². The molecule has 0 aromatic heterocycles. The van der Waals surface area contributed by atoms with Gasteiger partial charge in [-0.3, -0.25) is 17.5 Å². The first-order valence-electron chi connectivity index (χ1n) is 3.24. The number of hydrogen-bond acceptors (Lipinski definition) is 0. The normalized spacial score (nSPS) is 8.33. The Kier molecular flexibility index (Phi) is 6.86. The first-order chi connectivity index (χ1) is 4.97. The first-order valence-corrected chi connectivity index (χ1v) is 3.24. The predicted octanol–water partition coefficient (Wildman–Crippen LogP) is 2.44. The van der Waals surface area contributed by atoms with Crippen LogP contribution < -0.4 is 0 Å². The molecule has 0 aliphatic heterocycles. The summed E-state index contributed by atoms with van der Waals surface area (Å²) in [7, 11) is 0. The molecule has 0 saturated heterocycles. The van der Waals surface area contributed by atoms with Crippen molar-refractivity contribution in [3.8, 4) is 0 Å². The molecular formula is C10H6Y2-2. The van der Waals surface area contributed by atoms with Gasteiger partial charge in [0.1, 0.15) is 0 Å². The Morgan fingerprint density at radius 2 is 1.33 bits per heavy atom. The minimum absolute atomic E-state index is 0. The summed E-state index contributed by atoms with van der Waals surface area (Å²) in [5.74, 6) is 0. The van der Waals surface area contributed by atoms with E-state index in [1.54, 1.807) is 0 Å². The third kappa shape index (κ3) is 3.00. The zero-order chi connectivity index (χ0) is 6.81. The van der Waals surface area contributed by atoms with Crippen LogP contribution in [0.2, 0.25) is 0 Å². The van der Waals surface area contributed by atoms with Gasteiger partial charge in [-0.2, -0.15) is 6.07 Å². The summed E-state index contributed by atoms with van der Waals surface area (Å²) in [6, 6.07) is 18.1. The molecule has 0 N–H and O–H groups in total. The second kappa shape index (κ2) is 6.37. The van der Waals surface area contributed by atoms with Crippen LogP contribution in [0.3, 0.4) is 0 Å². The van der Waals surface area contributed by atoms with E-state index in [1.807, 2.05) is 24.3 Å². The zero-order valence-electron chi connectivity index (χ0n) is 6.62. The van der Waals surface area contributed by atoms with E-state index in [0.717, 1.165) is 5.39 Å². The Hall–Kier alpha value is 0.908. The van der Waals surface area contributed by atoms with Crippen LogP contribution in [0, 0.1) is 12.1 Å². The standard InChI is InChI=1S/C10H6.2Y/c1-2-6-10-8-4-3-7-9(10)5-1;;/h1-5,7H;;/q-2;;. The van der Waals surface area contributed by atoms with Gasteiger partial charge >= 0.3 is 0 Å². The molecule has 2 aromatic rings. The summed E-state index contributed by atoms with van der Waals surface area (Å²) < 4.78 is 0. The van der Waals surface area contributed by atoms with E-state index in [0.29, 0.717) is 0 Å². The van der Waals surface area contributed by atoms with Gasteiger partial charge in [0.05, 0.1) is 0 Å². The Labute approximate surface area is 123 Å². The van der Waals surface area contributed by atoms with Crippen molar-refractivity contribution < 1.29 is 65.4 Å². The van der Waals surface area contributed by atoms with E-state index < -0.39 is 0 Å². The molecule has 0 fully saturated rings. The Morgan fingerprint density at radius 1 is 0.833 bits per heavy atom. The molecule has 2 rings (SSSR count). The molecule has 0 bridgehead atoms. The first kappa shape index (κ1) is 12.9. The van der Waals surface area contributed by atoms with Gasteiger partial charge in [-0.1, -0.05) is 6.07 Å². The van der Waals surface area contributed by atoms with E-state index in [4.69, 9.17) is 0 Å². The summed E-state index contributed by atoms with van der Waals surface area (Å²) >= 11 is 0. The van der Waals surface area contributed by atoms with Crippen LogP contribution in [-0.2, 0) is 65.4 Å². The maximum atomic E-state index is 3.10. The van der Waals surface area contributed by atoms with Crippen molar-refractivity contribution in [2.45, 2.75) is 0 Å². The van der Waals surface area contributed by atoms with Crippen LogP contribution in [0.5, 0.6) is 0 Å². The fourth-order valence-electron chi connectivity index (χ4n) is 0.997. The second-order valence-corrected chi connectivity index (χ2v) is 2.17. The van der Waals surface area contributed by atoms with E-state index in [2.05, 4.69) is 24.3 Å². The van der Waals surface area contributed by atoms with Crippen LogP contribution in [0.4, 0.5) is 0 Å². The van der Waals surface area contributed by atoms with E-state index in [9.17, 15) is 0 Å². The van der Waals surface area contributed by atoms with Gasteiger partial charge in [-0.05, 0) is 0 Å². The Bertz CT molecular complexity index is 279. The van der Waals surface area contributed by atoms with Crippen LogP contribution in [0.25, 0.3) is 10.8 Å². The minimum Gasteiger partial charge on any atom is -0.286 e. The smallest absolute Gasteiger partial charge is 0 e. The largest absolute Gasteiger partial charge is 0.286 e. The average Bonchev–Trinajstić information content (AvgIpc) is 2.05. The molecule has 0 aliphatic carbocycles. The van der Waals surface area contributed by atoms with Crippen LogP contribution >= 0.6 is 0 Å². The fourth-order valence-corrected chi connectivity index (χ4v) is 0.997. The molecule has 2 aromatic carbocycles. The number of hydrogen-bond donors (Lipinski definition) is 0. The summed E-state index contributed by atoms with van der Waals surface area (Å²) in [5.41, 5.74) is 0. The van der Waals surface area contributed by atoms with E-state index in [-0.39, 0.29) is 65.4 Å². The molecule has 0 unspecified atom stereocenters. The summed E-state index contributed by atoms with van der Waals surface area (Å²) in [4.78, 5) is 0. The predicted molar refractivity (Wildman–Crippen MR) is 41.6 cm³/mol. The minimum atomic E-state index is 0. The Balaban J connectivity index is 0.000000605. The monoisotopic (exact) mass is 304 g/mol. The number of rotatable bonds is 0. The van der Waals surface area contributed by atoms with Crippen molar-refractivity contribution in [2.75, 3.05) is 0 Å². The second-order valence-electron chi connectivity index (χ2n) is 2.17.